The van der Waals surface area contributed by atoms with E-state index in [0.717, 1.165) is 11.3 Å². The minimum atomic E-state index is -3.35. The van der Waals surface area contributed by atoms with E-state index in [4.69, 9.17) is 0 Å². The number of halogens is 1. The lowest BCUT2D eigenvalue weighted by Gasteiger charge is -2.35. The van der Waals surface area contributed by atoms with E-state index in [1.165, 1.54) is 22.9 Å². The third-order valence-electron chi connectivity index (χ3n) is 4.46. The van der Waals surface area contributed by atoms with Crippen LogP contribution < -0.4 is 4.90 Å². The van der Waals surface area contributed by atoms with Crippen LogP contribution in [0.1, 0.15) is 5.56 Å². The summed E-state index contributed by atoms with van der Waals surface area (Å²) in [7, 11) is -3.35. The largest absolute Gasteiger partial charge is 0.369 e. The highest BCUT2D eigenvalue weighted by Gasteiger charge is 2.26. The van der Waals surface area contributed by atoms with Crippen molar-refractivity contribution in [3.8, 4) is 11.8 Å². The van der Waals surface area contributed by atoms with E-state index in [9.17, 15) is 12.8 Å². The molecule has 0 atom stereocenters. The lowest BCUT2D eigenvalue weighted by atomic mass is 10.2. The van der Waals surface area contributed by atoms with Crippen molar-refractivity contribution >= 4 is 15.7 Å². The molecule has 0 N–H and O–H groups in total. The Bertz CT molecular complexity index is 895. The number of hydrogen-bond donors (Lipinski definition) is 0. The maximum absolute atomic E-state index is 13.0. The van der Waals surface area contributed by atoms with Crippen LogP contribution in [0.25, 0.3) is 0 Å². The average molecular weight is 385 g/mol. The summed E-state index contributed by atoms with van der Waals surface area (Å²) in [4.78, 5) is 2.06. The summed E-state index contributed by atoms with van der Waals surface area (Å²) in [6.45, 7) is 2.02. The molecule has 0 unspecified atom stereocenters. The first-order valence-electron chi connectivity index (χ1n) is 8.87. The molecule has 1 heterocycles. The van der Waals surface area contributed by atoms with Crippen LogP contribution in [0, 0.1) is 24.1 Å². The van der Waals surface area contributed by atoms with Gasteiger partial charge >= 0.3 is 0 Å². The summed E-state index contributed by atoms with van der Waals surface area (Å²) in [6.07, 6.45) is 2.12. The second-order valence-corrected chi connectivity index (χ2v) is 8.34. The third-order valence-corrected chi connectivity index (χ3v) is 6.20. The van der Waals surface area contributed by atoms with Crippen LogP contribution in [0.4, 0.5) is 10.1 Å². The molecule has 0 bridgehead atoms. The van der Waals surface area contributed by atoms with E-state index in [1.807, 2.05) is 30.3 Å². The van der Waals surface area contributed by atoms with Crippen molar-refractivity contribution in [2.45, 2.75) is 6.42 Å². The van der Waals surface area contributed by atoms with Crippen LogP contribution in [0.3, 0.4) is 0 Å². The van der Waals surface area contributed by atoms with Gasteiger partial charge in [0.25, 0.3) is 0 Å². The minimum absolute atomic E-state index is 0.0780. The van der Waals surface area contributed by atoms with Gasteiger partial charge in [0, 0.05) is 38.3 Å². The topological polar surface area (TPSA) is 40.6 Å². The quantitative estimate of drug-likeness (QED) is 0.743. The van der Waals surface area contributed by atoms with Crippen molar-refractivity contribution in [1.82, 2.24) is 4.31 Å². The van der Waals surface area contributed by atoms with Gasteiger partial charge in [0.15, 0.2) is 0 Å². The molecule has 0 spiro atoms. The van der Waals surface area contributed by atoms with Gasteiger partial charge in [-0.2, -0.15) is 4.31 Å². The highest BCUT2D eigenvalue weighted by Crippen LogP contribution is 2.18. The highest BCUT2D eigenvalue weighted by atomic mass is 32.2. The first-order valence-corrected chi connectivity index (χ1v) is 10.5. The maximum Gasteiger partial charge on any atom is 0.215 e. The summed E-state index contributed by atoms with van der Waals surface area (Å²) in [5.41, 5.74) is 2.02. The van der Waals surface area contributed by atoms with Crippen molar-refractivity contribution in [2.75, 3.05) is 36.8 Å². The standard InChI is InChI=1S/C21H22FN2O2S/c22-20-10-12-21(13-11-20)23-14-16-24(17-15-23)27(25,26)18-6-2-5-9-19-7-3-1-4-8-19/h1,3-4,6-8,10-13H,9,14-18H2. The summed E-state index contributed by atoms with van der Waals surface area (Å²) in [6, 6.07) is 16.1. The van der Waals surface area contributed by atoms with E-state index < -0.39 is 10.0 Å². The fraction of sp³-hybridized carbons (Fsp3) is 0.286. The maximum atomic E-state index is 13.0. The van der Waals surface area contributed by atoms with Gasteiger partial charge in [-0.3, -0.25) is 0 Å². The lowest BCUT2D eigenvalue weighted by Crippen LogP contribution is -2.49. The number of nitrogens with zero attached hydrogens (tertiary/aromatic N) is 2. The molecule has 2 aromatic carbocycles. The molecule has 0 aliphatic carbocycles. The van der Waals surface area contributed by atoms with Gasteiger partial charge in [-0.15, -0.1) is 0 Å². The zero-order valence-corrected chi connectivity index (χ0v) is 15.8. The Morgan fingerprint density at radius 2 is 1.63 bits per heavy atom. The molecule has 2 aromatic rings. The first-order chi connectivity index (χ1) is 13.0. The molecule has 1 aliphatic heterocycles. The van der Waals surface area contributed by atoms with Crippen LogP contribution in [0.2, 0.25) is 0 Å². The first kappa shape index (κ1) is 19.4. The van der Waals surface area contributed by atoms with E-state index in [2.05, 4.69) is 16.7 Å². The molecule has 1 fully saturated rings. The Hall–Kier alpha value is -2.36. The molecule has 1 saturated heterocycles. The molecule has 0 saturated carbocycles. The van der Waals surface area contributed by atoms with Crippen LogP contribution in [0.15, 0.2) is 54.6 Å². The molecular weight excluding hydrogens is 363 g/mol. The van der Waals surface area contributed by atoms with E-state index in [-0.39, 0.29) is 11.6 Å². The van der Waals surface area contributed by atoms with Gasteiger partial charge in [-0.25, -0.2) is 12.8 Å². The van der Waals surface area contributed by atoms with Gasteiger partial charge in [-0.1, -0.05) is 42.2 Å². The van der Waals surface area contributed by atoms with Gasteiger partial charge in [-0.05, 0) is 29.8 Å². The smallest absolute Gasteiger partial charge is 0.215 e. The molecule has 27 heavy (non-hydrogen) atoms. The van der Waals surface area contributed by atoms with Crippen LogP contribution >= 0.6 is 0 Å². The molecule has 3 rings (SSSR count). The van der Waals surface area contributed by atoms with Crippen LogP contribution in [0.5, 0.6) is 0 Å². The van der Waals surface area contributed by atoms with E-state index in [1.54, 1.807) is 12.1 Å². The summed E-state index contributed by atoms with van der Waals surface area (Å²) in [5.74, 6) is 5.47. The van der Waals surface area contributed by atoms with Gasteiger partial charge in [0.1, 0.15) is 5.82 Å². The van der Waals surface area contributed by atoms with Crippen molar-refractivity contribution < 1.29 is 12.8 Å². The molecular formula is C21H22FN2O2S. The second kappa shape index (κ2) is 9.03. The predicted octanol–water partition coefficient (Wildman–Crippen LogP) is 2.73. The summed E-state index contributed by atoms with van der Waals surface area (Å²) >= 11 is 0. The number of anilines is 1. The number of hydrogen-bond acceptors (Lipinski definition) is 3. The molecule has 0 aromatic heterocycles. The van der Waals surface area contributed by atoms with Crippen molar-refractivity contribution in [1.29, 1.82) is 0 Å². The molecule has 141 valence electrons. The molecule has 0 amide bonds. The SMILES string of the molecule is O=S(=O)(C[CH]C#CCc1ccccc1)N1CCN(c2ccc(F)cc2)CC1. The van der Waals surface area contributed by atoms with E-state index in [0.29, 0.717) is 32.6 Å². The highest BCUT2D eigenvalue weighted by molar-refractivity contribution is 7.89. The van der Waals surface area contributed by atoms with Crippen LogP contribution in [-0.2, 0) is 16.4 Å². The fourth-order valence-corrected chi connectivity index (χ4v) is 4.17. The second-order valence-electron chi connectivity index (χ2n) is 6.33. The fourth-order valence-electron chi connectivity index (χ4n) is 2.95. The normalized spacial score (nSPS) is 15.2. The molecule has 1 aliphatic rings. The van der Waals surface area contributed by atoms with E-state index >= 15 is 0 Å². The Balaban J connectivity index is 1.46. The number of piperazine rings is 1. The number of sulfonamides is 1. The van der Waals surface area contributed by atoms with Gasteiger partial charge in [0.2, 0.25) is 10.0 Å². The Kier molecular flexibility index (Phi) is 6.49. The zero-order chi connectivity index (χ0) is 19.1. The zero-order valence-electron chi connectivity index (χ0n) is 15.0. The molecule has 4 nitrogen and oxygen atoms in total. The summed E-state index contributed by atoms with van der Waals surface area (Å²) < 4.78 is 39.5. The van der Waals surface area contributed by atoms with Gasteiger partial charge in [0.05, 0.1) is 12.2 Å². The van der Waals surface area contributed by atoms with Crippen LogP contribution in [-0.4, -0.2) is 44.7 Å². The minimum Gasteiger partial charge on any atom is -0.369 e. The third kappa shape index (κ3) is 5.56. The molecule has 1 radical (unpaired) electrons. The van der Waals surface area contributed by atoms with Crippen molar-refractivity contribution in [3.63, 3.8) is 0 Å². The van der Waals surface area contributed by atoms with Gasteiger partial charge < -0.3 is 4.90 Å². The Labute approximate surface area is 160 Å². The Morgan fingerprint density at radius 3 is 2.30 bits per heavy atom. The monoisotopic (exact) mass is 385 g/mol. The molecule has 6 heteroatoms. The van der Waals surface area contributed by atoms with Crippen molar-refractivity contribution in [2.24, 2.45) is 0 Å². The number of rotatable bonds is 5. The predicted molar refractivity (Wildman–Crippen MR) is 106 cm³/mol. The Morgan fingerprint density at radius 1 is 0.963 bits per heavy atom. The average Bonchev–Trinajstić information content (AvgIpc) is 2.69. The number of benzene rings is 2. The lowest BCUT2D eigenvalue weighted by molar-refractivity contribution is 0.386. The van der Waals surface area contributed by atoms with Crippen molar-refractivity contribution in [3.05, 3.63) is 72.4 Å². The summed E-state index contributed by atoms with van der Waals surface area (Å²) in [5, 5.41) is 0.